The highest BCUT2D eigenvalue weighted by Gasteiger charge is 2.05. The van der Waals surface area contributed by atoms with Gasteiger partial charge in [-0.25, -0.2) is 4.79 Å². The summed E-state index contributed by atoms with van der Waals surface area (Å²) < 4.78 is 5.20. The maximum Gasteiger partial charge on any atom is 0.335 e. The predicted molar refractivity (Wildman–Crippen MR) is 47.6 cm³/mol. The van der Waals surface area contributed by atoms with Gasteiger partial charge in [0, 0.05) is 12.3 Å². The van der Waals surface area contributed by atoms with E-state index in [1.807, 2.05) is 0 Å². The Morgan fingerprint density at radius 3 is 2.85 bits per heavy atom. The van der Waals surface area contributed by atoms with E-state index in [9.17, 15) is 4.79 Å². The number of benzene rings is 1. The molecule has 2 aromatic rings. The van der Waals surface area contributed by atoms with Gasteiger partial charge in [0.1, 0.15) is 11.3 Å². The number of carbonyl (C=O) groups is 1. The zero-order valence-electron chi connectivity index (χ0n) is 6.78. The average Bonchev–Trinajstić information content (AvgIpc) is 2.42. The van der Waals surface area contributed by atoms with Crippen LogP contribution in [0.25, 0.3) is 11.0 Å². The summed E-state index contributed by atoms with van der Waals surface area (Å²) in [6.45, 7) is 3.62. The van der Waals surface area contributed by atoms with Gasteiger partial charge in [-0.2, -0.15) is 0 Å². The summed E-state index contributed by atoms with van der Waals surface area (Å²) in [5.41, 5.74) is 0.920. The minimum Gasteiger partial charge on any atom is -0.478 e. The first-order valence-corrected chi connectivity index (χ1v) is 3.75. The van der Waals surface area contributed by atoms with E-state index < -0.39 is 5.97 Å². The van der Waals surface area contributed by atoms with Gasteiger partial charge < -0.3 is 9.52 Å². The second kappa shape index (κ2) is 2.62. The minimum absolute atomic E-state index is 0.258. The van der Waals surface area contributed by atoms with Crippen molar-refractivity contribution in [1.82, 2.24) is 0 Å². The molecule has 0 saturated carbocycles. The van der Waals surface area contributed by atoms with E-state index in [2.05, 4.69) is 6.92 Å². The average molecular weight is 175 g/mol. The SMILES string of the molecule is [CH2]c1cc2cc(C(=O)O)ccc2o1. The van der Waals surface area contributed by atoms with Gasteiger partial charge >= 0.3 is 5.97 Å². The molecule has 0 saturated heterocycles. The fraction of sp³-hybridized carbons (Fsp3) is 0. The summed E-state index contributed by atoms with van der Waals surface area (Å²) in [6, 6.07) is 6.42. The van der Waals surface area contributed by atoms with Crippen LogP contribution in [0, 0.1) is 6.92 Å². The van der Waals surface area contributed by atoms with Crippen molar-refractivity contribution in [2.75, 3.05) is 0 Å². The quantitative estimate of drug-likeness (QED) is 0.723. The molecule has 13 heavy (non-hydrogen) atoms. The molecule has 3 heteroatoms. The smallest absolute Gasteiger partial charge is 0.335 e. The van der Waals surface area contributed by atoms with Crippen LogP contribution in [0.1, 0.15) is 16.1 Å². The summed E-state index contributed by atoms with van der Waals surface area (Å²) in [4.78, 5) is 10.6. The molecule has 0 unspecified atom stereocenters. The molecule has 0 amide bonds. The molecule has 1 aromatic heterocycles. The van der Waals surface area contributed by atoms with Gasteiger partial charge in [-0.05, 0) is 24.3 Å². The van der Waals surface area contributed by atoms with Gasteiger partial charge in [0.2, 0.25) is 0 Å². The molecule has 0 aliphatic carbocycles. The highest BCUT2D eigenvalue weighted by atomic mass is 16.4. The monoisotopic (exact) mass is 175 g/mol. The van der Waals surface area contributed by atoms with E-state index in [1.54, 1.807) is 18.2 Å². The Morgan fingerprint density at radius 1 is 1.38 bits per heavy atom. The Labute approximate surface area is 74.6 Å². The summed E-state index contributed by atoms with van der Waals surface area (Å²) in [5, 5.41) is 9.47. The number of rotatable bonds is 1. The fourth-order valence-corrected chi connectivity index (χ4v) is 1.23. The molecule has 0 atom stereocenters. The van der Waals surface area contributed by atoms with Crippen LogP contribution in [-0.4, -0.2) is 11.1 Å². The molecule has 1 heterocycles. The van der Waals surface area contributed by atoms with E-state index in [4.69, 9.17) is 9.52 Å². The van der Waals surface area contributed by atoms with Gasteiger partial charge in [0.15, 0.2) is 0 Å². The van der Waals surface area contributed by atoms with Crippen molar-refractivity contribution in [3.63, 3.8) is 0 Å². The number of carboxylic acid groups (broad SMARTS) is 1. The maximum absolute atomic E-state index is 10.6. The van der Waals surface area contributed by atoms with Crippen molar-refractivity contribution in [2.24, 2.45) is 0 Å². The van der Waals surface area contributed by atoms with Crippen molar-refractivity contribution in [3.05, 3.63) is 42.5 Å². The molecule has 0 bridgehead atoms. The topological polar surface area (TPSA) is 50.4 Å². The molecular formula is C10H7O3. The van der Waals surface area contributed by atoms with E-state index in [0.29, 0.717) is 11.3 Å². The fourth-order valence-electron chi connectivity index (χ4n) is 1.23. The molecule has 65 valence electrons. The van der Waals surface area contributed by atoms with Crippen molar-refractivity contribution in [2.45, 2.75) is 0 Å². The molecule has 0 fully saturated rings. The van der Waals surface area contributed by atoms with Crippen LogP contribution < -0.4 is 0 Å². The first kappa shape index (κ1) is 7.86. The molecule has 0 aliphatic heterocycles. The van der Waals surface area contributed by atoms with E-state index in [1.165, 1.54) is 6.07 Å². The third-order valence-corrected chi connectivity index (χ3v) is 1.81. The van der Waals surface area contributed by atoms with Gasteiger partial charge in [0.05, 0.1) is 5.56 Å². The van der Waals surface area contributed by atoms with Crippen molar-refractivity contribution < 1.29 is 14.3 Å². The normalized spacial score (nSPS) is 10.5. The number of fused-ring (bicyclic) bond motifs is 1. The Morgan fingerprint density at radius 2 is 2.15 bits per heavy atom. The Balaban J connectivity index is 2.67. The lowest BCUT2D eigenvalue weighted by Gasteiger charge is -1.92. The summed E-state index contributed by atoms with van der Waals surface area (Å²) >= 11 is 0. The number of carboxylic acids is 1. The first-order valence-electron chi connectivity index (χ1n) is 3.75. The van der Waals surface area contributed by atoms with Crippen molar-refractivity contribution >= 4 is 16.9 Å². The summed E-state index contributed by atoms with van der Waals surface area (Å²) in [7, 11) is 0. The largest absolute Gasteiger partial charge is 0.478 e. The highest BCUT2D eigenvalue weighted by Crippen LogP contribution is 2.19. The maximum atomic E-state index is 10.6. The zero-order chi connectivity index (χ0) is 9.42. The van der Waals surface area contributed by atoms with Crippen LogP contribution >= 0.6 is 0 Å². The third kappa shape index (κ3) is 1.28. The summed E-state index contributed by atoms with van der Waals surface area (Å²) in [5.74, 6) is -0.397. The summed E-state index contributed by atoms with van der Waals surface area (Å²) in [6.07, 6.45) is 0. The number of furan rings is 1. The van der Waals surface area contributed by atoms with Crippen LogP contribution in [0.15, 0.2) is 28.7 Å². The van der Waals surface area contributed by atoms with Crippen molar-refractivity contribution in [1.29, 1.82) is 0 Å². The predicted octanol–water partition coefficient (Wildman–Crippen LogP) is 2.31. The number of aromatic carboxylic acids is 1. The molecule has 3 nitrogen and oxygen atoms in total. The molecule has 1 radical (unpaired) electrons. The first-order chi connectivity index (χ1) is 6.16. The lowest BCUT2D eigenvalue weighted by molar-refractivity contribution is 0.0697. The van der Waals surface area contributed by atoms with Gasteiger partial charge in [-0.1, -0.05) is 0 Å². The lowest BCUT2D eigenvalue weighted by Crippen LogP contribution is -1.94. The molecule has 1 N–H and O–H groups in total. The van der Waals surface area contributed by atoms with Crippen molar-refractivity contribution in [3.8, 4) is 0 Å². The lowest BCUT2D eigenvalue weighted by atomic mass is 10.1. The zero-order valence-corrected chi connectivity index (χ0v) is 6.78. The minimum atomic E-state index is -0.936. The van der Waals surface area contributed by atoms with E-state index in [-0.39, 0.29) is 5.56 Å². The number of hydrogen-bond acceptors (Lipinski definition) is 2. The number of hydrogen-bond donors (Lipinski definition) is 1. The second-order valence-corrected chi connectivity index (χ2v) is 2.77. The molecular weight excluding hydrogens is 168 g/mol. The van der Waals surface area contributed by atoms with Crippen LogP contribution in [0.2, 0.25) is 0 Å². The van der Waals surface area contributed by atoms with Crippen LogP contribution in [0.3, 0.4) is 0 Å². The standard InChI is InChI=1S/C10H7O3/c1-6-4-8-5-7(10(11)12)2-3-9(8)13-6/h2-5H,1H2,(H,11,12). The van der Waals surface area contributed by atoms with Gasteiger partial charge in [-0.3, -0.25) is 0 Å². The second-order valence-electron chi connectivity index (χ2n) is 2.77. The van der Waals surface area contributed by atoms with Crippen LogP contribution in [0.4, 0.5) is 0 Å². The van der Waals surface area contributed by atoms with Gasteiger partial charge in [0.25, 0.3) is 0 Å². The molecule has 0 aliphatic rings. The van der Waals surface area contributed by atoms with E-state index in [0.717, 1.165) is 5.39 Å². The third-order valence-electron chi connectivity index (χ3n) is 1.81. The Bertz CT molecular complexity index is 468. The van der Waals surface area contributed by atoms with E-state index >= 15 is 0 Å². The molecule has 1 aromatic carbocycles. The molecule has 0 spiro atoms. The highest BCUT2D eigenvalue weighted by molar-refractivity contribution is 5.93. The Kier molecular flexibility index (Phi) is 1.59. The van der Waals surface area contributed by atoms with Crippen LogP contribution in [0.5, 0.6) is 0 Å². The van der Waals surface area contributed by atoms with Gasteiger partial charge in [-0.15, -0.1) is 0 Å². The van der Waals surface area contributed by atoms with Crippen LogP contribution in [-0.2, 0) is 0 Å². The Hall–Kier alpha value is -1.77. The molecule has 2 rings (SSSR count).